The van der Waals surface area contributed by atoms with Gasteiger partial charge in [-0.3, -0.25) is 9.59 Å². The third kappa shape index (κ3) is 2.53. The molecule has 0 bridgehead atoms. The fourth-order valence-electron chi connectivity index (χ4n) is 2.26. The van der Waals surface area contributed by atoms with Crippen LogP contribution in [-0.2, 0) is 17.6 Å². The topological polar surface area (TPSA) is 66.4 Å². The van der Waals surface area contributed by atoms with E-state index in [0.29, 0.717) is 5.56 Å². The van der Waals surface area contributed by atoms with Gasteiger partial charge in [0.15, 0.2) is 0 Å². The lowest BCUT2D eigenvalue weighted by Gasteiger charge is -2.11. The van der Waals surface area contributed by atoms with Crippen LogP contribution in [0.5, 0.6) is 0 Å². The van der Waals surface area contributed by atoms with Crippen LogP contribution in [0.2, 0.25) is 0 Å². The Morgan fingerprint density at radius 2 is 2.17 bits per heavy atom. The summed E-state index contributed by atoms with van der Waals surface area (Å²) >= 11 is 0. The minimum absolute atomic E-state index is 0.165. The van der Waals surface area contributed by atoms with E-state index in [-0.39, 0.29) is 12.5 Å². The maximum atomic E-state index is 12.0. The Kier molecular flexibility index (Phi) is 3.65. The largest absolute Gasteiger partial charge is 0.481 e. The minimum Gasteiger partial charge on any atom is -0.481 e. The second-order valence-electron chi connectivity index (χ2n) is 4.75. The van der Waals surface area contributed by atoms with Gasteiger partial charge in [-0.05, 0) is 36.5 Å². The normalized spacial score (nSPS) is 14.9. The van der Waals surface area contributed by atoms with Crippen LogP contribution in [-0.4, -0.2) is 23.5 Å². The molecule has 2 rings (SSSR count). The monoisotopic (exact) mass is 247 g/mol. The van der Waals surface area contributed by atoms with E-state index in [1.807, 2.05) is 12.1 Å². The maximum Gasteiger partial charge on any atom is 0.308 e. The van der Waals surface area contributed by atoms with Gasteiger partial charge in [-0.2, -0.15) is 0 Å². The highest BCUT2D eigenvalue weighted by molar-refractivity contribution is 5.96. The number of aliphatic carboxylic acids is 1. The summed E-state index contributed by atoms with van der Waals surface area (Å²) in [6, 6.07) is 5.75. The van der Waals surface area contributed by atoms with Gasteiger partial charge in [0.05, 0.1) is 5.92 Å². The van der Waals surface area contributed by atoms with Crippen molar-refractivity contribution in [1.29, 1.82) is 0 Å². The zero-order chi connectivity index (χ0) is 13.1. The van der Waals surface area contributed by atoms with Crippen molar-refractivity contribution in [1.82, 2.24) is 5.32 Å². The van der Waals surface area contributed by atoms with E-state index < -0.39 is 11.9 Å². The summed E-state index contributed by atoms with van der Waals surface area (Å²) in [5, 5.41) is 11.5. The predicted octanol–water partition coefficient (Wildman–Crippen LogP) is 1.63. The van der Waals surface area contributed by atoms with Crippen molar-refractivity contribution in [3.63, 3.8) is 0 Å². The summed E-state index contributed by atoms with van der Waals surface area (Å²) < 4.78 is 0. The van der Waals surface area contributed by atoms with Gasteiger partial charge in [0, 0.05) is 12.1 Å². The first-order valence-electron chi connectivity index (χ1n) is 6.21. The molecular weight excluding hydrogens is 230 g/mol. The smallest absolute Gasteiger partial charge is 0.308 e. The molecule has 1 aromatic rings. The van der Waals surface area contributed by atoms with Gasteiger partial charge in [-0.1, -0.05) is 19.1 Å². The lowest BCUT2D eigenvalue weighted by molar-refractivity contribution is -0.140. The van der Waals surface area contributed by atoms with Gasteiger partial charge in [0.2, 0.25) is 0 Å². The first kappa shape index (κ1) is 12.6. The Hall–Kier alpha value is -1.84. The van der Waals surface area contributed by atoms with E-state index in [9.17, 15) is 9.59 Å². The number of amides is 1. The van der Waals surface area contributed by atoms with E-state index in [1.165, 1.54) is 5.56 Å². The molecule has 4 heteroatoms. The van der Waals surface area contributed by atoms with Crippen molar-refractivity contribution in [3.05, 3.63) is 34.9 Å². The standard InChI is InChI=1S/C14H17NO3/c1-9(14(17)18)8-15-13(16)12-7-3-5-10-4-2-6-11(10)12/h3,5,7,9H,2,4,6,8H2,1H3,(H,15,16)(H,17,18). The number of carbonyl (C=O) groups is 2. The van der Waals surface area contributed by atoms with E-state index >= 15 is 0 Å². The van der Waals surface area contributed by atoms with Gasteiger partial charge < -0.3 is 10.4 Å². The number of fused-ring (bicyclic) bond motifs is 1. The average Bonchev–Trinajstić information content (AvgIpc) is 2.83. The van der Waals surface area contributed by atoms with Crippen molar-refractivity contribution >= 4 is 11.9 Å². The molecule has 1 amide bonds. The number of rotatable bonds is 4. The Morgan fingerprint density at radius 3 is 2.89 bits per heavy atom. The van der Waals surface area contributed by atoms with E-state index in [0.717, 1.165) is 24.8 Å². The minimum atomic E-state index is -0.895. The molecule has 1 aliphatic carbocycles. The lowest BCUT2D eigenvalue weighted by Crippen LogP contribution is -2.32. The number of carboxylic acid groups (broad SMARTS) is 1. The predicted molar refractivity (Wildman–Crippen MR) is 67.6 cm³/mol. The number of benzene rings is 1. The zero-order valence-corrected chi connectivity index (χ0v) is 10.4. The van der Waals surface area contributed by atoms with Crippen LogP contribution < -0.4 is 5.32 Å². The highest BCUT2D eigenvalue weighted by atomic mass is 16.4. The van der Waals surface area contributed by atoms with Gasteiger partial charge in [0.1, 0.15) is 0 Å². The molecule has 1 unspecified atom stereocenters. The van der Waals surface area contributed by atoms with Crippen LogP contribution in [0.3, 0.4) is 0 Å². The summed E-state index contributed by atoms with van der Waals surface area (Å²) in [5.74, 6) is -1.62. The summed E-state index contributed by atoms with van der Waals surface area (Å²) in [4.78, 5) is 22.7. The summed E-state index contributed by atoms with van der Waals surface area (Å²) in [6.45, 7) is 1.75. The number of hydrogen-bond donors (Lipinski definition) is 2. The van der Waals surface area contributed by atoms with Gasteiger partial charge in [0.25, 0.3) is 5.91 Å². The summed E-state index contributed by atoms with van der Waals surface area (Å²) in [6.07, 6.45) is 3.06. The summed E-state index contributed by atoms with van der Waals surface area (Å²) in [5.41, 5.74) is 3.06. The van der Waals surface area contributed by atoms with Crippen LogP contribution in [0.1, 0.15) is 34.8 Å². The highest BCUT2D eigenvalue weighted by Gasteiger charge is 2.19. The summed E-state index contributed by atoms with van der Waals surface area (Å²) in [7, 11) is 0. The Labute approximate surface area is 106 Å². The number of carbonyl (C=O) groups excluding carboxylic acids is 1. The quantitative estimate of drug-likeness (QED) is 0.849. The lowest BCUT2D eigenvalue weighted by atomic mass is 10.0. The number of hydrogen-bond acceptors (Lipinski definition) is 2. The van der Waals surface area contributed by atoms with Crippen molar-refractivity contribution in [2.75, 3.05) is 6.54 Å². The van der Waals surface area contributed by atoms with Crippen molar-refractivity contribution in [2.45, 2.75) is 26.2 Å². The van der Waals surface area contributed by atoms with Crippen molar-refractivity contribution in [3.8, 4) is 0 Å². The molecule has 1 aromatic carbocycles. The van der Waals surface area contributed by atoms with Crippen LogP contribution in [0.25, 0.3) is 0 Å². The van der Waals surface area contributed by atoms with Gasteiger partial charge in [-0.15, -0.1) is 0 Å². The molecule has 0 fully saturated rings. The van der Waals surface area contributed by atoms with Crippen LogP contribution >= 0.6 is 0 Å². The number of aryl methyl sites for hydroxylation is 1. The van der Waals surface area contributed by atoms with E-state index in [2.05, 4.69) is 11.4 Å². The third-order valence-electron chi connectivity index (χ3n) is 3.38. The molecule has 2 N–H and O–H groups in total. The van der Waals surface area contributed by atoms with Crippen LogP contribution in [0.15, 0.2) is 18.2 Å². The molecule has 0 saturated carbocycles. The molecule has 0 radical (unpaired) electrons. The Balaban J connectivity index is 2.06. The second-order valence-corrected chi connectivity index (χ2v) is 4.75. The molecule has 4 nitrogen and oxygen atoms in total. The third-order valence-corrected chi connectivity index (χ3v) is 3.38. The fraction of sp³-hybridized carbons (Fsp3) is 0.429. The molecule has 96 valence electrons. The van der Waals surface area contributed by atoms with E-state index in [1.54, 1.807) is 6.92 Å². The highest BCUT2D eigenvalue weighted by Crippen LogP contribution is 2.25. The first-order chi connectivity index (χ1) is 8.59. The molecule has 0 aromatic heterocycles. The molecule has 1 aliphatic rings. The Morgan fingerprint density at radius 1 is 1.39 bits per heavy atom. The molecular formula is C14H17NO3. The van der Waals surface area contributed by atoms with Crippen LogP contribution in [0.4, 0.5) is 0 Å². The van der Waals surface area contributed by atoms with Crippen molar-refractivity contribution < 1.29 is 14.7 Å². The zero-order valence-electron chi connectivity index (χ0n) is 10.4. The van der Waals surface area contributed by atoms with Crippen molar-refractivity contribution in [2.24, 2.45) is 5.92 Å². The molecule has 0 saturated heterocycles. The van der Waals surface area contributed by atoms with Gasteiger partial charge >= 0.3 is 5.97 Å². The molecule has 0 heterocycles. The second kappa shape index (κ2) is 5.21. The molecule has 1 atom stereocenters. The average molecular weight is 247 g/mol. The fourth-order valence-corrected chi connectivity index (χ4v) is 2.26. The Bertz CT molecular complexity index is 482. The number of nitrogens with one attached hydrogen (secondary N) is 1. The molecule has 0 spiro atoms. The van der Waals surface area contributed by atoms with E-state index in [4.69, 9.17) is 5.11 Å². The van der Waals surface area contributed by atoms with Crippen LogP contribution in [0, 0.1) is 5.92 Å². The maximum absolute atomic E-state index is 12.0. The molecule has 0 aliphatic heterocycles. The first-order valence-corrected chi connectivity index (χ1v) is 6.21. The molecule has 18 heavy (non-hydrogen) atoms. The number of carboxylic acids is 1. The SMILES string of the molecule is CC(CNC(=O)c1cccc2c1CCC2)C(=O)O. The van der Waals surface area contributed by atoms with Gasteiger partial charge in [-0.25, -0.2) is 0 Å².